The predicted octanol–water partition coefficient (Wildman–Crippen LogP) is 2.15. The highest BCUT2D eigenvalue weighted by molar-refractivity contribution is 5.89. The number of piperazine rings is 1. The summed E-state index contributed by atoms with van der Waals surface area (Å²) < 4.78 is 0. The number of rotatable bonds is 4. The van der Waals surface area contributed by atoms with Crippen molar-refractivity contribution < 1.29 is 4.79 Å². The smallest absolute Gasteiger partial charge is 0.225 e. The van der Waals surface area contributed by atoms with Crippen molar-refractivity contribution in [1.29, 1.82) is 0 Å². The van der Waals surface area contributed by atoms with Crippen LogP contribution in [-0.2, 0) is 4.79 Å². The zero-order valence-corrected chi connectivity index (χ0v) is 13.3. The van der Waals surface area contributed by atoms with E-state index in [-0.39, 0.29) is 5.91 Å². The van der Waals surface area contributed by atoms with Crippen molar-refractivity contribution in [2.45, 2.75) is 13.3 Å². The first-order valence-corrected chi connectivity index (χ1v) is 7.93. The van der Waals surface area contributed by atoms with Gasteiger partial charge in [0.15, 0.2) is 0 Å². The molecule has 1 amide bonds. The van der Waals surface area contributed by atoms with Gasteiger partial charge in [-0.15, -0.1) is 0 Å². The van der Waals surface area contributed by atoms with E-state index < -0.39 is 0 Å². The molecule has 3 rings (SSSR count). The predicted molar refractivity (Wildman–Crippen MR) is 91.8 cm³/mol. The molecule has 0 saturated carbocycles. The molecule has 120 valence electrons. The van der Waals surface area contributed by atoms with Crippen LogP contribution in [0.2, 0.25) is 0 Å². The standard InChI is InChI=1S/C17H21N5O/c1-2-17(23)20-15-12-16(19-13-18-15)22-10-8-21(9-11-22)14-6-4-3-5-7-14/h3-7,12-13H,2,8-11H2,1H3,(H,18,19,20,23). The monoisotopic (exact) mass is 311 g/mol. The number of nitrogens with zero attached hydrogens (tertiary/aromatic N) is 4. The fourth-order valence-corrected chi connectivity index (χ4v) is 2.65. The van der Waals surface area contributed by atoms with E-state index in [0.29, 0.717) is 12.2 Å². The summed E-state index contributed by atoms with van der Waals surface area (Å²) in [5.41, 5.74) is 1.26. The van der Waals surface area contributed by atoms with Gasteiger partial charge in [0.25, 0.3) is 0 Å². The Balaban J connectivity index is 1.63. The van der Waals surface area contributed by atoms with E-state index in [0.717, 1.165) is 32.0 Å². The first kappa shape index (κ1) is 15.3. The normalized spacial score (nSPS) is 14.7. The lowest BCUT2D eigenvalue weighted by molar-refractivity contribution is -0.115. The average molecular weight is 311 g/mol. The maximum Gasteiger partial charge on any atom is 0.225 e. The minimum absolute atomic E-state index is 0.0384. The second-order valence-corrected chi connectivity index (χ2v) is 5.47. The summed E-state index contributed by atoms with van der Waals surface area (Å²) in [6, 6.07) is 12.3. The second-order valence-electron chi connectivity index (χ2n) is 5.47. The van der Waals surface area contributed by atoms with Gasteiger partial charge in [-0.2, -0.15) is 0 Å². The molecule has 0 unspecified atom stereocenters. The van der Waals surface area contributed by atoms with Gasteiger partial charge in [0.05, 0.1) is 0 Å². The fourth-order valence-electron chi connectivity index (χ4n) is 2.65. The maximum atomic E-state index is 11.5. The fraction of sp³-hybridized carbons (Fsp3) is 0.353. The summed E-state index contributed by atoms with van der Waals surface area (Å²) in [6.07, 6.45) is 1.94. The molecule has 1 saturated heterocycles. The largest absolute Gasteiger partial charge is 0.368 e. The van der Waals surface area contributed by atoms with E-state index in [4.69, 9.17) is 0 Å². The number of nitrogens with one attached hydrogen (secondary N) is 1. The van der Waals surface area contributed by atoms with E-state index in [2.05, 4.69) is 49.4 Å². The highest BCUT2D eigenvalue weighted by Crippen LogP contribution is 2.20. The van der Waals surface area contributed by atoms with Crippen LogP contribution in [0.1, 0.15) is 13.3 Å². The lowest BCUT2D eigenvalue weighted by Gasteiger charge is -2.36. The summed E-state index contributed by atoms with van der Waals surface area (Å²) in [5, 5.41) is 2.78. The topological polar surface area (TPSA) is 61.4 Å². The van der Waals surface area contributed by atoms with Crippen LogP contribution in [0.4, 0.5) is 17.3 Å². The number of anilines is 3. The second kappa shape index (κ2) is 7.09. The highest BCUT2D eigenvalue weighted by atomic mass is 16.1. The van der Waals surface area contributed by atoms with E-state index in [9.17, 15) is 4.79 Å². The minimum Gasteiger partial charge on any atom is -0.368 e. The van der Waals surface area contributed by atoms with Crippen LogP contribution in [-0.4, -0.2) is 42.1 Å². The molecule has 0 spiro atoms. The molecule has 23 heavy (non-hydrogen) atoms. The third-order valence-corrected chi connectivity index (χ3v) is 3.97. The van der Waals surface area contributed by atoms with Crippen LogP contribution >= 0.6 is 0 Å². The van der Waals surface area contributed by atoms with Crippen LogP contribution in [0, 0.1) is 0 Å². The molecular weight excluding hydrogens is 290 g/mol. The number of hydrogen-bond acceptors (Lipinski definition) is 5. The molecule has 1 aliphatic heterocycles. The van der Waals surface area contributed by atoms with Gasteiger partial charge < -0.3 is 15.1 Å². The van der Waals surface area contributed by atoms with Crippen molar-refractivity contribution in [3.63, 3.8) is 0 Å². The van der Waals surface area contributed by atoms with E-state index in [1.165, 1.54) is 12.0 Å². The molecule has 6 heteroatoms. The molecule has 0 bridgehead atoms. The average Bonchev–Trinajstić information content (AvgIpc) is 2.63. The Bertz CT molecular complexity index is 653. The van der Waals surface area contributed by atoms with Gasteiger partial charge >= 0.3 is 0 Å². The minimum atomic E-state index is -0.0384. The van der Waals surface area contributed by atoms with Crippen LogP contribution in [0.15, 0.2) is 42.7 Å². The first-order valence-electron chi connectivity index (χ1n) is 7.93. The molecule has 2 heterocycles. The number of carbonyl (C=O) groups excluding carboxylic acids is 1. The van der Waals surface area contributed by atoms with Crippen molar-refractivity contribution in [1.82, 2.24) is 9.97 Å². The summed E-state index contributed by atoms with van der Waals surface area (Å²) >= 11 is 0. The number of benzene rings is 1. The van der Waals surface area contributed by atoms with E-state index >= 15 is 0 Å². The van der Waals surface area contributed by atoms with Crippen molar-refractivity contribution in [2.75, 3.05) is 41.3 Å². The van der Waals surface area contributed by atoms with Gasteiger partial charge in [0, 0.05) is 44.4 Å². The van der Waals surface area contributed by atoms with E-state index in [1.807, 2.05) is 19.1 Å². The lowest BCUT2D eigenvalue weighted by Crippen LogP contribution is -2.46. The van der Waals surface area contributed by atoms with Gasteiger partial charge in [0.2, 0.25) is 5.91 Å². The Morgan fingerprint density at radius 2 is 1.78 bits per heavy atom. The summed E-state index contributed by atoms with van der Waals surface area (Å²) in [6.45, 7) is 5.51. The maximum absolute atomic E-state index is 11.5. The molecule has 1 aromatic carbocycles. The number of carbonyl (C=O) groups is 1. The molecule has 0 aliphatic carbocycles. The van der Waals surface area contributed by atoms with Crippen molar-refractivity contribution in [3.05, 3.63) is 42.7 Å². The molecule has 1 fully saturated rings. The van der Waals surface area contributed by atoms with Gasteiger partial charge in [-0.25, -0.2) is 9.97 Å². The van der Waals surface area contributed by atoms with Gasteiger partial charge in [-0.05, 0) is 12.1 Å². The highest BCUT2D eigenvalue weighted by Gasteiger charge is 2.18. The molecule has 0 radical (unpaired) electrons. The SMILES string of the molecule is CCC(=O)Nc1cc(N2CCN(c3ccccc3)CC2)ncn1. The zero-order chi connectivity index (χ0) is 16.1. The molecule has 0 atom stereocenters. The Morgan fingerprint density at radius 1 is 1.09 bits per heavy atom. The third-order valence-electron chi connectivity index (χ3n) is 3.97. The third kappa shape index (κ3) is 3.77. The Morgan fingerprint density at radius 3 is 2.48 bits per heavy atom. The van der Waals surface area contributed by atoms with Gasteiger partial charge in [-0.3, -0.25) is 4.79 Å². The molecule has 1 aromatic heterocycles. The lowest BCUT2D eigenvalue weighted by atomic mass is 10.2. The zero-order valence-electron chi connectivity index (χ0n) is 13.3. The molecule has 6 nitrogen and oxygen atoms in total. The summed E-state index contributed by atoms with van der Waals surface area (Å²) in [5.74, 6) is 1.38. The Kier molecular flexibility index (Phi) is 4.71. The Labute approximate surface area is 136 Å². The van der Waals surface area contributed by atoms with Crippen LogP contribution in [0.25, 0.3) is 0 Å². The number of hydrogen-bond donors (Lipinski definition) is 1. The van der Waals surface area contributed by atoms with Crippen molar-refractivity contribution in [3.8, 4) is 0 Å². The molecule has 2 aromatic rings. The molecule has 1 aliphatic rings. The van der Waals surface area contributed by atoms with Crippen molar-refractivity contribution >= 4 is 23.2 Å². The number of para-hydroxylation sites is 1. The van der Waals surface area contributed by atoms with Crippen LogP contribution in [0.5, 0.6) is 0 Å². The molecular formula is C17H21N5O. The van der Waals surface area contributed by atoms with Crippen molar-refractivity contribution in [2.24, 2.45) is 0 Å². The Hall–Kier alpha value is -2.63. The summed E-state index contributed by atoms with van der Waals surface area (Å²) in [7, 11) is 0. The van der Waals surface area contributed by atoms with Crippen LogP contribution in [0.3, 0.4) is 0 Å². The quantitative estimate of drug-likeness (QED) is 0.937. The number of aromatic nitrogens is 2. The van der Waals surface area contributed by atoms with E-state index in [1.54, 1.807) is 0 Å². The van der Waals surface area contributed by atoms with Gasteiger partial charge in [0.1, 0.15) is 18.0 Å². The first-order chi connectivity index (χ1) is 11.3. The number of amides is 1. The molecule has 1 N–H and O–H groups in total. The van der Waals surface area contributed by atoms with Crippen LogP contribution < -0.4 is 15.1 Å². The van der Waals surface area contributed by atoms with Gasteiger partial charge in [-0.1, -0.05) is 25.1 Å². The summed E-state index contributed by atoms with van der Waals surface area (Å²) in [4.78, 5) is 24.5.